The van der Waals surface area contributed by atoms with E-state index in [9.17, 15) is 20.4 Å². The lowest BCUT2D eigenvalue weighted by molar-refractivity contribution is -0.0812. The van der Waals surface area contributed by atoms with Gasteiger partial charge < -0.3 is 25.7 Å². The summed E-state index contributed by atoms with van der Waals surface area (Å²) < 4.78 is 0. The SMILES string of the molecule is C[C@@H]1CN(C[C@@H]2CNC[C@H](CO)[C@@H]2O)C[C@H](O)[C@@H]1O. The highest BCUT2D eigenvalue weighted by Gasteiger charge is 2.36. The predicted octanol–water partition coefficient (Wildman–Crippen LogP) is -2.15. The van der Waals surface area contributed by atoms with Gasteiger partial charge in [-0.2, -0.15) is 0 Å². The van der Waals surface area contributed by atoms with Crippen LogP contribution in [0.25, 0.3) is 0 Å². The molecule has 2 aliphatic heterocycles. The van der Waals surface area contributed by atoms with Gasteiger partial charge in [0.15, 0.2) is 0 Å². The van der Waals surface area contributed by atoms with Crippen LogP contribution in [0.5, 0.6) is 0 Å². The van der Waals surface area contributed by atoms with Crippen LogP contribution < -0.4 is 5.32 Å². The van der Waals surface area contributed by atoms with E-state index in [4.69, 9.17) is 0 Å². The first-order valence-corrected chi connectivity index (χ1v) is 7.11. The molecule has 0 bridgehead atoms. The van der Waals surface area contributed by atoms with Crippen molar-refractivity contribution >= 4 is 0 Å². The third-order valence-corrected chi connectivity index (χ3v) is 4.47. The summed E-state index contributed by atoms with van der Waals surface area (Å²) in [5.74, 6) is -0.0249. The minimum Gasteiger partial charge on any atom is -0.396 e. The van der Waals surface area contributed by atoms with Crippen LogP contribution in [-0.4, -0.2) is 83.0 Å². The standard InChI is InChI=1S/C13H26N2O4/c1-8-4-15(6-11(17)12(8)18)5-9-2-14-3-10(7-16)13(9)19/h8-14,16-19H,2-7H2,1H3/t8-,9+,10-,11+,12-,13-/m1/s1. The zero-order chi connectivity index (χ0) is 14.0. The van der Waals surface area contributed by atoms with Crippen molar-refractivity contribution in [3.63, 3.8) is 0 Å². The molecule has 0 aromatic rings. The van der Waals surface area contributed by atoms with Crippen molar-refractivity contribution in [3.05, 3.63) is 0 Å². The van der Waals surface area contributed by atoms with Gasteiger partial charge in [0.25, 0.3) is 0 Å². The van der Waals surface area contributed by atoms with Crippen LogP contribution >= 0.6 is 0 Å². The molecule has 2 rings (SSSR count). The maximum Gasteiger partial charge on any atom is 0.0928 e. The Labute approximate surface area is 114 Å². The van der Waals surface area contributed by atoms with E-state index in [0.29, 0.717) is 19.6 Å². The number of hydrogen-bond donors (Lipinski definition) is 5. The molecule has 5 N–H and O–H groups in total. The number of rotatable bonds is 3. The van der Waals surface area contributed by atoms with Gasteiger partial charge in [-0.15, -0.1) is 0 Å². The maximum absolute atomic E-state index is 10.2. The van der Waals surface area contributed by atoms with Crippen molar-refractivity contribution in [1.82, 2.24) is 10.2 Å². The van der Waals surface area contributed by atoms with Gasteiger partial charge in [-0.05, 0) is 5.92 Å². The number of likely N-dealkylation sites (tertiary alicyclic amines) is 1. The third-order valence-electron chi connectivity index (χ3n) is 4.47. The first-order valence-electron chi connectivity index (χ1n) is 7.11. The lowest BCUT2D eigenvalue weighted by Gasteiger charge is -2.42. The average molecular weight is 274 g/mol. The van der Waals surface area contributed by atoms with Gasteiger partial charge >= 0.3 is 0 Å². The van der Waals surface area contributed by atoms with Gasteiger partial charge in [0.2, 0.25) is 0 Å². The van der Waals surface area contributed by atoms with Crippen molar-refractivity contribution in [1.29, 1.82) is 0 Å². The molecule has 0 spiro atoms. The van der Waals surface area contributed by atoms with Gasteiger partial charge in [0.1, 0.15) is 0 Å². The molecule has 2 saturated heterocycles. The molecule has 6 atom stereocenters. The second-order valence-electron chi connectivity index (χ2n) is 6.11. The fourth-order valence-electron chi connectivity index (χ4n) is 3.25. The van der Waals surface area contributed by atoms with Crippen molar-refractivity contribution in [2.24, 2.45) is 17.8 Å². The predicted molar refractivity (Wildman–Crippen MR) is 70.6 cm³/mol. The highest BCUT2D eigenvalue weighted by Crippen LogP contribution is 2.22. The maximum atomic E-state index is 10.2. The van der Waals surface area contributed by atoms with Crippen LogP contribution in [0.3, 0.4) is 0 Å². The summed E-state index contributed by atoms with van der Waals surface area (Å²) in [6.07, 6.45) is -1.88. The Balaban J connectivity index is 1.90. The molecule has 19 heavy (non-hydrogen) atoms. The molecule has 112 valence electrons. The minimum absolute atomic E-state index is 0.0115. The normalized spacial score (nSPS) is 45.3. The van der Waals surface area contributed by atoms with Crippen LogP contribution in [0.15, 0.2) is 0 Å². The summed E-state index contributed by atoms with van der Waals surface area (Å²) in [6.45, 7) is 5.13. The molecule has 6 heteroatoms. The number of hydrogen-bond acceptors (Lipinski definition) is 6. The van der Waals surface area contributed by atoms with E-state index in [2.05, 4.69) is 10.2 Å². The van der Waals surface area contributed by atoms with E-state index < -0.39 is 18.3 Å². The van der Waals surface area contributed by atoms with Crippen molar-refractivity contribution < 1.29 is 20.4 Å². The second-order valence-corrected chi connectivity index (χ2v) is 6.11. The Bertz CT molecular complexity index is 280. The number of aliphatic hydroxyl groups excluding tert-OH is 4. The molecule has 0 aliphatic carbocycles. The summed E-state index contributed by atoms with van der Waals surface area (Å²) in [4.78, 5) is 2.09. The zero-order valence-electron chi connectivity index (χ0n) is 11.4. The van der Waals surface area contributed by atoms with E-state index in [1.807, 2.05) is 6.92 Å². The Morgan fingerprint density at radius 1 is 1.05 bits per heavy atom. The molecule has 0 aromatic carbocycles. The fraction of sp³-hybridized carbons (Fsp3) is 1.00. The number of nitrogens with one attached hydrogen (secondary N) is 1. The summed E-state index contributed by atoms with van der Waals surface area (Å²) in [5, 5.41) is 42.2. The Morgan fingerprint density at radius 3 is 2.37 bits per heavy atom. The molecular formula is C13H26N2O4. The van der Waals surface area contributed by atoms with E-state index in [1.54, 1.807) is 0 Å². The quantitative estimate of drug-likeness (QED) is 0.403. The highest BCUT2D eigenvalue weighted by molar-refractivity contribution is 4.90. The fourth-order valence-corrected chi connectivity index (χ4v) is 3.25. The van der Waals surface area contributed by atoms with Crippen LogP contribution in [-0.2, 0) is 0 Å². The Morgan fingerprint density at radius 2 is 1.74 bits per heavy atom. The molecular weight excluding hydrogens is 248 g/mol. The van der Waals surface area contributed by atoms with E-state index >= 15 is 0 Å². The number of β-amino-alcohol motifs (C(OH)–C–C–N with tert-alkyl or cyclic N) is 1. The monoisotopic (exact) mass is 274 g/mol. The molecule has 0 aromatic heterocycles. The molecule has 2 heterocycles. The zero-order valence-corrected chi connectivity index (χ0v) is 11.4. The number of piperidine rings is 2. The van der Waals surface area contributed by atoms with Gasteiger partial charge in [0.05, 0.1) is 18.3 Å². The average Bonchev–Trinajstić information content (AvgIpc) is 2.38. The van der Waals surface area contributed by atoms with Crippen molar-refractivity contribution in [2.45, 2.75) is 25.2 Å². The summed E-state index contributed by atoms with van der Waals surface area (Å²) in [6, 6.07) is 0. The molecule has 2 aliphatic rings. The van der Waals surface area contributed by atoms with Crippen LogP contribution in [0, 0.1) is 17.8 Å². The lowest BCUT2D eigenvalue weighted by atomic mass is 9.86. The Hall–Kier alpha value is -0.240. The number of aliphatic hydroxyl groups is 4. The van der Waals surface area contributed by atoms with Gasteiger partial charge in [-0.25, -0.2) is 0 Å². The van der Waals surface area contributed by atoms with Gasteiger partial charge in [-0.3, -0.25) is 4.90 Å². The third kappa shape index (κ3) is 3.45. The Kier molecular flexibility index (Phi) is 5.16. The molecule has 0 saturated carbocycles. The van der Waals surface area contributed by atoms with Crippen LogP contribution in [0.1, 0.15) is 6.92 Å². The lowest BCUT2D eigenvalue weighted by Crippen LogP contribution is -2.56. The summed E-state index contributed by atoms with van der Waals surface area (Å²) in [7, 11) is 0. The molecule has 0 unspecified atom stereocenters. The van der Waals surface area contributed by atoms with E-state index in [-0.39, 0.29) is 24.4 Å². The second kappa shape index (κ2) is 6.47. The van der Waals surface area contributed by atoms with E-state index in [0.717, 1.165) is 13.1 Å². The van der Waals surface area contributed by atoms with Crippen LogP contribution in [0.2, 0.25) is 0 Å². The van der Waals surface area contributed by atoms with Crippen molar-refractivity contribution in [2.75, 3.05) is 39.3 Å². The van der Waals surface area contributed by atoms with Gasteiger partial charge in [0, 0.05) is 51.2 Å². The van der Waals surface area contributed by atoms with Crippen molar-refractivity contribution in [3.8, 4) is 0 Å². The van der Waals surface area contributed by atoms with Gasteiger partial charge in [-0.1, -0.05) is 6.92 Å². The largest absolute Gasteiger partial charge is 0.396 e. The smallest absolute Gasteiger partial charge is 0.0928 e. The molecule has 6 nitrogen and oxygen atoms in total. The first-order chi connectivity index (χ1) is 9.02. The minimum atomic E-state index is -0.717. The summed E-state index contributed by atoms with van der Waals surface area (Å²) >= 11 is 0. The first kappa shape index (κ1) is 15.2. The highest BCUT2D eigenvalue weighted by atomic mass is 16.3. The summed E-state index contributed by atoms with van der Waals surface area (Å²) in [5.41, 5.74) is 0. The number of nitrogens with zero attached hydrogens (tertiary/aromatic N) is 1. The molecule has 2 fully saturated rings. The molecule has 0 amide bonds. The van der Waals surface area contributed by atoms with E-state index in [1.165, 1.54) is 0 Å². The van der Waals surface area contributed by atoms with Crippen LogP contribution in [0.4, 0.5) is 0 Å². The topological polar surface area (TPSA) is 96.2 Å². The molecule has 0 radical (unpaired) electrons.